The van der Waals surface area contributed by atoms with E-state index in [1.165, 1.54) is 33.5 Å². The maximum Gasteiger partial charge on any atom is 0.0399 e. The van der Waals surface area contributed by atoms with Gasteiger partial charge in [-0.25, -0.2) is 0 Å². The molecule has 1 unspecified atom stereocenters. The van der Waals surface area contributed by atoms with Crippen LogP contribution in [0.3, 0.4) is 0 Å². The normalized spacial score (nSPS) is 19.6. The van der Waals surface area contributed by atoms with Gasteiger partial charge in [0.1, 0.15) is 0 Å². The highest BCUT2D eigenvalue weighted by Gasteiger charge is 2.24. The lowest BCUT2D eigenvalue weighted by Crippen LogP contribution is -2.26. The van der Waals surface area contributed by atoms with Gasteiger partial charge in [0.15, 0.2) is 0 Å². The fraction of sp³-hybridized carbons (Fsp3) is 0.273. The van der Waals surface area contributed by atoms with Gasteiger partial charge in [-0.05, 0) is 60.1 Å². The standard InChI is InChI=1S/C22H23N/c1-16-17(14-18-8-3-5-12-21(16)18)10-7-11-20-15-19-9-4-6-13-22(19)23(20)2/h3-10,12-13,20H,11,14-15H2,1-2H3. The Hall–Kier alpha value is -2.28. The molecule has 1 heterocycles. The number of anilines is 1. The van der Waals surface area contributed by atoms with Crippen molar-refractivity contribution >= 4 is 11.3 Å². The van der Waals surface area contributed by atoms with Gasteiger partial charge in [-0.2, -0.15) is 0 Å². The molecule has 0 saturated heterocycles. The molecular formula is C22H23N. The van der Waals surface area contributed by atoms with Crippen LogP contribution >= 0.6 is 0 Å². The Kier molecular flexibility index (Phi) is 3.57. The number of benzene rings is 2. The van der Waals surface area contributed by atoms with Crippen LogP contribution in [0, 0.1) is 0 Å². The second-order valence-electron chi connectivity index (χ2n) is 6.72. The van der Waals surface area contributed by atoms with Crippen molar-refractivity contribution in [3.05, 3.63) is 82.9 Å². The minimum Gasteiger partial charge on any atom is -0.371 e. The molecule has 116 valence electrons. The molecule has 0 aromatic heterocycles. The molecule has 0 fully saturated rings. The topological polar surface area (TPSA) is 3.24 Å². The highest BCUT2D eigenvalue weighted by atomic mass is 15.2. The highest BCUT2D eigenvalue weighted by Crippen LogP contribution is 2.34. The quantitative estimate of drug-likeness (QED) is 0.769. The van der Waals surface area contributed by atoms with E-state index in [2.05, 4.69) is 79.6 Å². The van der Waals surface area contributed by atoms with Gasteiger partial charge in [0.25, 0.3) is 0 Å². The predicted molar refractivity (Wildman–Crippen MR) is 98.8 cm³/mol. The third kappa shape index (κ3) is 2.50. The van der Waals surface area contributed by atoms with Crippen LogP contribution in [0.2, 0.25) is 0 Å². The van der Waals surface area contributed by atoms with Crippen LogP contribution < -0.4 is 4.90 Å². The highest BCUT2D eigenvalue weighted by molar-refractivity contribution is 5.77. The summed E-state index contributed by atoms with van der Waals surface area (Å²) in [7, 11) is 2.22. The Bertz CT molecular complexity index is 797. The van der Waals surface area contributed by atoms with Crippen molar-refractivity contribution in [2.24, 2.45) is 0 Å². The Morgan fingerprint density at radius 2 is 1.78 bits per heavy atom. The van der Waals surface area contributed by atoms with Crippen LogP contribution in [0.15, 0.2) is 66.3 Å². The Morgan fingerprint density at radius 1 is 1.04 bits per heavy atom. The summed E-state index contributed by atoms with van der Waals surface area (Å²) in [5.41, 5.74) is 8.70. The van der Waals surface area contributed by atoms with Crippen LogP contribution in [0.25, 0.3) is 5.57 Å². The summed E-state index contributed by atoms with van der Waals surface area (Å²) in [6.45, 7) is 2.25. The maximum absolute atomic E-state index is 2.43. The number of hydrogen-bond donors (Lipinski definition) is 0. The second-order valence-corrected chi connectivity index (χ2v) is 6.72. The molecular weight excluding hydrogens is 278 g/mol. The lowest BCUT2D eigenvalue weighted by molar-refractivity contribution is 0.674. The largest absolute Gasteiger partial charge is 0.371 e. The van der Waals surface area contributed by atoms with Gasteiger partial charge < -0.3 is 4.90 Å². The fourth-order valence-corrected chi connectivity index (χ4v) is 3.96. The van der Waals surface area contributed by atoms with E-state index in [1.54, 1.807) is 0 Å². The molecule has 0 amide bonds. The molecule has 1 aliphatic heterocycles. The van der Waals surface area contributed by atoms with Gasteiger partial charge in [-0.3, -0.25) is 0 Å². The first-order valence-corrected chi connectivity index (χ1v) is 8.49. The van der Waals surface area contributed by atoms with Crippen molar-refractivity contribution in [1.82, 2.24) is 0 Å². The first kappa shape index (κ1) is 14.3. The van der Waals surface area contributed by atoms with Crippen molar-refractivity contribution in [2.45, 2.75) is 32.2 Å². The van der Waals surface area contributed by atoms with Gasteiger partial charge in [0.05, 0.1) is 0 Å². The summed E-state index contributed by atoms with van der Waals surface area (Å²) in [5.74, 6) is 0. The molecule has 1 nitrogen and oxygen atoms in total. The van der Waals surface area contributed by atoms with Gasteiger partial charge in [0.2, 0.25) is 0 Å². The molecule has 0 radical (unpaired) electrons. The third-order valence-corrected chi connectivity index (χ3v) is 5.39. The monoisotopic (exact) mass is 301 g/mol. The molecule has 0 bridgehead atoms. The second kappa shape index (κ2) is 5.73. The molecule has 4 rings (SSSR count). The molecule has 1 heteroatoms. The smallest absolute Gasteiger partial charge is 0.0399 e. The molecule has 0 spiro atoms. The van der Waals surface area contributed by atoms with E-state index >= 15 is 0 Å². The van der Waals surface area contributed by atoms with Crippen LogP contribution in [0.1, 0.15) is 30.0 Å². The van der Waals surface area contributed by atoms with E-state index in [1.807, 2.05) is 0 Å². The van der Waals surface area contributed by atoms with E-state index < -0.39 is 0 Å². The average molecular weight is 301 g/mol. The van der Waals surface area contributed by atoms with Crippen LogP contribution in [0.4, 0.5) is 5.69 Å². The summed E-state index contributed by atoms with van der Waals surface area (Å²) >= 11 is 0. The number of likely N-dealkylation sites (N-methyl/N-ethyl adjacent to an activating group) is 1. The first-order valence-electron chi connectivity index (χ1n) is 8.49. The molecule has 1 aliphatic carbocycles. The van der Waals surface area contributed by atoms with E-state index in [0.717, 1.165) is 19.3 Å². The summed E-state index contributed by atoms with van der Waals surface area (Å²) in [5, 5.41) is 0. The number of para-hydroxylation sites is 1. The Morgan fingerprint density at radius 3 is 2.57 bits per heavy atom. The average Bonchev–Trinajstić information content (AvgIpc) is 3.07. The van der Waals surface area contributed by atoms with E-state index in [0.29, 0.717) is 6.04 Å². The Balaban J connectivity index is 1.45. The number of allylic oxidation sites excluding steroid dienone is 3. The SMILES string of the molecule is CC1=C(C=CCC2Cc3ccccc3N2C)Cc2ccccc21. The first-order chi connectivity index (χ1) is 11.2. The van der Waals surface area contributed by atoms with Crippen molar-refractivity contribution in [3.8, 4) is 0 Å². The molecule has 0 saturated carbocycles. The van der Waals surface area contributed by atoms with E-state index in [4.69, 9.17) is 0 Å². The zero-order valence-corrected chi connectivity index (χ0v) is 13.9. The third-order valence-electron chi connectivity index (χ3n) is 5.39. The predicted octanol–water partition coefficient (Wildman–Crippen LogP) is 5.02. The molecule has 0 N–H and O–H groups in total. The number of rotatable bonds is 3. The van der Waals surface area contributed by atoms with Crippen LogP contribution in [-0.2, 0) is 12.8 Å². The summed E-state index contributed by atoms with van der Waals surface area (Å²) in [6.07, 6.45) is 8.08. The van der Waals surface area contributed by atoms with Crippen molar-refractivity contribution in [3.63, 3.8) is 0 Å². The van der Waals surface area contributed by atoms with Crippen molar-refractivity contribution in [2.75, 3.05) is 11.9 Å². The van der Waals surface area contributed by atoms with Crippen LogP contribution in [0.5, 0.6) is 0 Å². The molecule has 2 aromatic rings. The fourth-order valence-electron chi connectivity index (χ4n) is 3.96. The van der Waals surface area contributed by atoms with Gasteiger partial charge in [-0.1, -0.05) is 54.6 Å². The summed E-state index contributed by atoms with van der Waals surface area (Å²) < 4.78 is 0. The van der Waals surface area contributed by atoms with Gasteiger partial charge in [-0.15, -0.1) is 0 Å². The maximum atomic E-state index is 2.43. The minimum atomic E-state index is 0.591. The minimum absolute atomic E-state index is 0.591. The summed E-state index contributed by atoms with van der Waals surface area (Å²) in [4.78, 5) is 2.43. The van der Waals surface area contributed by atoms with E-state index in [-0.39, 0.29) is 0 Å². The number of fused-ring (bicyclic) bond motifs is 2. The van der Waals surface area contributed by atoms with Gasteiger partial charge >= 0.3 is 0 Å². The Labute approximate surface area is 139 Å². The molecule has 1 atom stereocenters. The van der Waals surface area contributed by atoms with Gasteiger partial charge in [0, 0.05) is 18.8 Å². The molecule has 2 aliphatic rings. The molecule has 23 heavy (non-hydrogen) atoms. The summed E-state index contributed by atoms with van der Waals surface area (Å²) in [6, 6.07) is 18.1. The lowest BCUT2D eigenvalue weighted by atomic mass is 10.1. The zero-order valence-electron chi connectivity index (χ0n) is 13.9. The van der Waals surface area contributed by atoms with Crippen molar-refractivity contribution < 1.29 is 0 Å². The van der Waals surface area contributed by atoms with Crippen LogP contribution in [-0.4, -0.2) is 13.1 Å². The number of nitrogens with zero attached hydrogens (tertiary/aromatic N) is 1. The number of hydrogen-bond acceptors (Lipinski definition) is 1. The van der Waals surface area contributed by atoms with E-state index in [9.17, 15) is 0 Å². The lowest BCUT2D eigenvalue weighted by Gasteiger charge is -2.21. The zero-order chi connectivity index (χ0) is 15.8. The van der Waals surface area contributed by atoms with Crippen molar-refractivity contribution in [1.29, 1.82) is 0 Å². The molecule has 2 aromatic carbocycles.